The summed E-state index contributed by atoms with van der Waals surface area (Å²) in [6.45, 7) is 0.798. The summed E-state index contributed by atoms with van der Waals surface area (Å²) in [5.74, 6) is -0.213. The molecule has 0 amide bonds. The van der Waals surface area contributed by atoms with Crippen molar-refractivity contribution in [3.63, 3.8) is 0 Å². The Morgan fingerprint density at radius 1 is 1.28 bits per heavy atom. The van der Waals surface area contributed by atoms with E-state index in [0.717, 1.165) is 5.56 Å². The molecule has 0 bridgehead atoms. The molecule has 0 aromatic heterocycles. The molecular weight excluding hydrogens is 466 g/mol. The third-order valence-corrected chi connectivity index (χ3v) is 7.60. The number of benzene rings is 1. The average molecular weight is 496 g/mol. The first-order chi connectivity index (χ1) is 17.4. The van der Waals surface area contributed by atoms with Crippen LogP contribution in [0.25, 0.3) is 0 Å². The number of rotatable bonds is 6. The van der Waals surface area contributed by atoms with Crippen LogP contribution in [0.4, 0.5) is 0 Å². The number of aliphatic hydroxyl groups excluding tert-OH is 2. The molecule has 2 fully saturated rings. The maximum Gasteiger partial charge on any atom is 0.306 e. The van der Waals surface area contributed by atoms with Gasteiger partial charge in [0.05, 0.1) is 12.1 Å². The summed E-state index contributed by atoms with van der Waals surface area (Å²) in [6.07, 6.45) is 0.751. The first kappa shape index (κ1) is 24.4. The van der Waals surface area contributed by atoms with Gasteiger partial charge in [-0.15, -0.1) is 0 Å². The van der Waals surface area contributed by atoms with E-state index in [9.17, 15) is 20.3 Å². The van der Waals surface area contributed by atoms with Crippen molar-refractivity contribution in [3.05, 3.63) is 47.7 Å². The smallest absolute Gasteiger partial charge is 0.306 e. The van der Waals surface area contributed by atoms with E-state index in [1.807, 2.05) is 36.4 Å². The second kappa shape index (κ2) is 9.63. The molecule has 0 aliphatic carbocycles. The van der Waals surface area contributed by atoms with Crippen LogP contribution in [-0.4, -0.2) is 83.1 Å². The Labute approximate surface area is 208 Å². The van der Waals surface area contributed by atoms with Gasteiger partial charge in [0.1, 0.15) is 43.4 Å². The third-order valence-electron chi connectivity index (χ3n) is 7.60. The van der Waals surface area contributed by atoms with Crippen molar-refractivity contribution in [2.45, 2.75) is 61.1 Å². The van der Waals surface area contributed by atoms with Crippen molar-refractivity contribution in [3.8, 4) is 6.07 Å². The zero-order chi connectivity index (χ0) is 25.3. The number of hydrazone groups is 1. The lowest BCUT2D eigenvalue weighted by Gasteiger charge is -2.37. The predicted molar refractivity (Wildman–Crippen MR) is 127 cm³/mol. The fourth-order valence-corrected chi connectivity index (χ4v) is 5.56. The molecule has 5 atom stereocenters. The molecule has 36 heavy (non-hydrogen) atoms. The van der Waals surface area contributed by atoms with E-state index in [1.54, 1.807) is 6.08 Å². The number of esters is 1. The number of hydrogen-bond acceptors (Lipinski definition) is 11. The lowest BCUT2D eigenvalue weighted by Crippen LogP contribution is -2.56. The summed E-state index contributed by atoms with van der Waals surface area (Å²) in [7, 11) is 0. The molecule has 0 radical (unpaired) electrons. The highest BCUT2D eigenvalue weighted by atomic mass is 16.6. The van der Waals surface area contributed by atoms with E-state index in [2.05, 4.69) is 10.1 Å². The molecule has 1 aromatic rings. The van der Waals surface area contributed by atoms with Crippen LogP contribution < -0.4 is 5.73 Å². The molecule has 4 aliphatic heterocycles. The molecule has 0 spiro atoms. The van der Waals surface area contributed by atoms with Gasteiger partial charge < -0.3 is 30.2 Å². The van der Waals surface area contributed by atoms with E-state index in [4.69, 9.17) is 19.9 Å². The first-order valence-electron chi connectivity index (χ1n) is 12.0. The monoisotopic (exact) mass is 495 g/mol. The SMILES string of the molecule is N#C[C@@]1(C2CC=C3C(N)=NC=NN32)O[C@H](COC(=O)CC2(c3ccccc3)CCOCC2)[C@@H](O)[C@H]1O. The van der Waals surface area contributed by atoms with Crippen molar-refractivity contribution in [1.82, 2.24) is 5.01 Å². The number of fused-ring (bicyclic) bond motifs is 1. The van der Waals surface area contributed by atoms with Crippen molar-refractivity contribution in [2.75, 3.05) is 19.8 Å². The highest BCUT2D eigenvalue weighted by Gasteiger charge is 2.62. The van der Waals surface area contributed by atoms with Gasteiger partial charge in [0, 0.05) is 18.6 Å². The van der Waals surface area contributed by atoms with E-state index in [-0.39, 0.29) is 18.9 Å². The molecule has 11 nitrogen and oxygen atoms in total. The molecule has 190 valence electrons. The van der Waals surface area contributed by atoms with Crippen LogP contribution >= 0.6 is 0 Å². The van der Waals surface area contributed by atoms with Crippen LogP contribution in [0.1, 0.15) is 31.2 Å². The number of hydrogen-bond donors (Lipinski definition) is 3. The van der Waals surface area contributed by atoms with Gasteiger partial charge in [-0.25, -0.2) is 4.99 Å². The molecule has 5 rings (SSSR count). The zero-order valence-corrected chi connectivity index (χ0v) is 19.7. The fraction of sp³-hybridized carbons (Fsp3) is 0.520. The highest BCUT2D eigenvalue weighted by Crippen LogP contribution is 2.42. The number of nitriles is 1. The minimum absolute atomic E-state index is 0.145. The highest BCUT2D eigenvalue weighted by molar-refractivity contribution is 6.02. The maximum absolute atomic E-state index is 13.0. The Kier molecular flexibility index (Phi) is 6.53. The van der Waals surface area contributed by atoms with Crippen LogP contribution in [-0.2, 0) is 24.4 Å². The number of aliphatic imine (C=N–C) groups is 1. The van der Waals surface area contributed by atoms with Crippen LogP contribution in [0.3, 0.4) is 0 Å². The molecule has 1 unspecified atom stereocenters. The Morgan fingerprint density at radius 2 is 2.03 bits per heavy atom. The first-order valence-corrected chi connectivity index (χ1v) is 12.0. The summed E-state index contributed by atoms with van der Waals surface area (Å²) in [5, 5.41) is 37.4. The second-order valence-electron chi connectivity index (χ2n) is 9.55. The Hall–Kier alpha value is -3.30. The summed E-state index contributed by atoms with van der Waals surface area (Å²) < 4.78 is 17.0. The van der Waals surface area contributed by atoms with Gasteiger partial charge in [-0.2, -0.15) is 10.4 Å². The van der Waals surface area contributed by atoms with Crippen LogP contribution in [0, 0.1) is 11.3 Å². The quantitative estimate of drug-likeness (QED) is 0.472. The number of nitrogens with zero attached hydrogens (tertiary/aromatic N) is 4. The Morgan fingerprint density at radius 3 is 2.75 bits per heavy atom. The van der Waals surface area contributed by atoms with Crippen LogP contribution in [0.2, 0.25) is 0 Å². The van der Waals surface area contributed by atoms with Gasteiger partial charge in [-0.1, -0.05) is 36.4 Å². The Balaban J connectivity index is 1.27. The summed E-state index contributed by atoms with van der Waals surface area (Å²) in [6, 6.07) is 11.1. The number of carbonyl (C=O) groups is 1. The largest absolute Gasteiger partial charge is 0.463 e. The molecule has 4 aliphatic rings. The van der Waals surface area contributed by atoms with Crippen molar-refractivity contribution in [2.24, 2.45) is 15.8 Å². The Bertz CT molecular complexity index is 1130. The van der Waals surface area contributed by atoms with Gasteiger partial charge in [0.15, 0.2) is 5.84 Å². The van der Waals surface area contributed by atoms with E-state index < -0.39 is 41.3 Å². The standard InChI is InChI=1S/C25H29N5O6/c26-14-25(19-7-6-17-23(27)28-15-29-30(17)19)22(33)21(32)18(36-25)13-35-20(31)12-24(8-10-34-11-9-24)16-4-2-1-3-5-16/h1-6,15,18-19,21-22,32-33H,7-13H2,(H2,27,28,29)/t18-,19?,21-,22-,25+/m1/s1. The van der Waals surface area contributed by atoms with E-state index in [1.165, 1.54) is 11.3 Å². The van der Waals surface area contributed by atoms with Crippen molar-refractivity contribution < 1.29 is 29.2 Å². The topological polar surface area (TPSA) is 163 Å². The second-order valence-corrected chi connectivity index (χ2v) is 9.55. The molecule has 4 heterocycles. The number of aliphatic hydroxyl groups is 2. The average Bonchev–Trinajstić information content (AvgIpc) is 3.45. The van der Waals surface area contributed by atoms with Crippen molar-refractivity contribution in [1.29, 1.82) is 5.26 Å². The molecule has 1 aromatic carbocycles. The zero-order valence-electron chi connectivity index (χ0n) is 19.7. The van der Waals surface area contributed by atoms with Gasteiger partial charge in [-0.05, 0) is 24.8 Å². The third kappa shape index (κ3) is 4.06. The summed E-state index contributed by atoms with van der Waals surface area (Å²) in [4.78, 5) is 16.9. The van der Waals surface area contributed by atoms with Gasteiger partial charge in [0.25, 0.3) is 0 Å². The lowest BCUT2D eigenvalue weighted by atomic mass is 9.72. The molecule has 11 heteroatoms. The normalized spacial score (nSPS) is 32.9. The summed E-state index contributed by atoms with van der Waals surface area (Å²) >= 11 is 0. The molecular formula is C25H29N5O6. The molecule has 2 saturated heterocycles. The number of amidine groups is 1. The minimum Gasteiger partial charge on any atom is -0.463 e. The van der Waals surface area contributed by atoms with E-state index >= 15 is 0 Å². The van der Waals surface area contributed by atoms with Gasteiger partial charge in [-0.3, -0.25) is 9.80 Å². The fourth-order valence-electron chi connectivity index (χ4n) is 5.56. The van der Waals surface area contributed by atoms with Crippen molar-refractivity contribution >= 4 is 18.1 Å². The number of nitrogens with two attached hydrogens (primary N) is 1. The van der Waals surface area contributed by atoms with Crippen LogP contribution in [0.15, 0.2) is 52.2 Å². The summed E-state index contributed by atoms with van der Waals surface area (Å²) in [5.41, 5.74) is 5.27. The maximum atomic E-state index is 13.0. The van der Waals surface area contributed by atoms with Gasteiger partial charge in [0.2, 0.25) is 5.60 Å². The predicted octanol–water partition coefficient (Wildman–Crippen LogP) is 0.323. The number of ether oxygens (including phenoxy) is 3. The lowest BCUT2D eigenvalue weighted by molar-refractivity contribution is -0.154. The van der Waals surface area contributed by atoms with Crippen LogP contribution in [0.5, 0.6) is 0 Å². The molecule has 4 N–H and O–H groups in total. The number of carbonyl (C=O) groups excluding carboxylic acids is 1. The molecule has 0 saturated carbocycles. The minimum atomic E-state index is -1.81. The van der Waals surface area contributed by atoms with Gasteiger partial charge >= 0.3 is 5.97 Å². The van der Waals surface area contributed by atoms with E-state index in [0.29, 0.717) is 38.2 Å².